The summed E-state index contributed by atoms with van der Waals surface area (Å²) in [6, 6.07) is 0. The lowest BCUT2D eigenvalue weighted by Gasteiger charge is -2.25. The van der Waals surface area contributed by atoms with Gasteiger partial charge < -0.3 is 28.5 Å². The first-order chi connectivity index (χ1) is 40.6. The Morgan fingerprint density at radius 3 is 1.02 bits per heavy atom. The molecular weight excluding hydrogens is 1030 g/mol. The number of allylic oxidation sites excluding steroid dienone is 10. The minimum atomic E-state index is -1.52. The van der Waals surface area contributed by atoms with Gasteiger partial charge in [0, 0.05) is 12.8 Å². The van der Waals surface area contributed by atoms with E-state index in [-0.39, 0.29) is 32.2 Å². The number of nitrogens with zero attached hydrogens (tertiary/aromatic N) is 1. The van der Waals surface area contributed by atoms with Crippen molar-refractivity contribution in [3.8, 4) is 0 Å². The highest BCUT2D eigenvalue weighted by Crippen LogP contribution is 2.19. The average molecular weight is 1170 g/mol. The minimum Gasteiger partial charge on any atom is -0.477 e. The largest absolute Gasteiger partial charge is 0.477 e. The van der Waals surface area contributed by atoms with Crippen LogP contribution in [0, 0.1) is 0 Å². The third-order valence-electron chi connectivity index (χ3n) is 15.8. The molecule has 2 atom stereocenters. The first-order valence-corrected chi connectivity index (χ1v) is 35.5. The maximum Gasteiger partial charge on any atom is 0.361 e. The quantitative estimate of drug-likeness (QED) is 0.0211. The number of carboxylic acid groups (broad SMARTS) is 1. The zero-order valence-corrected chi connectivity index (χ0v) is 55.4. The molecule has 0 amide bonds. The predicted octanol–water partition coefficient (Wildman–Crippen LogP) is 21.9. The second kappa shape index (κ2) is 65.0. The van der Waals surface area contributed by atoms with E-state index < -0.39 is 24.3 Å². The number of ether oxygens (including phenoxy) is 4. The summed E-state index contributed by atoms with van der Waals surface area (Å²) in [5.41, 5.74) is 0. The third-order valence-corrected chi connectivity index (χ3v) is 15.8. The van der Waals surface area contributed by atoms with Crippen LogP contribution in [0.2, 0.25) is 0 Å². The normalized spacial score (nSPS) is 13.0. The number of hydrogen-bond donors (Lipinski definition) is 1. The Hall–Kier alpha value is -3.01. The van der Waals surface area contributed by atoms with Gasteiger partial charge in [0.25, 0.3) is 6.29 Å². The highest BCUT2D eigenvalue weighted by molar-refractivity contribution is 5.71. The van der Waals surface area contributed by atoms with Gasteiger partial charge >= 0.3 is 17.9 Å². The number of likely N-dealkylation sites (N-methyl/N-ethyl adjacent to an activating group) is 1. The second-order valence-electron chi connectivity index (χ2n) is 25.2. The van der Waals surface area contributed by atoms with E-state index in [0.717, 1.165) is 70.6 Å². The number of carbonyl (C=O) groups excluding carboxylic acids is 2. The van der Waals surface area contributed by atoms with Crippen LogP contribution >= 0.6 is 0 Å². The van der Waals surface area contributed by atoms with E-state index in [4.69, 9.17) is 18.9 Å². The summed E-state index contributed by atoms with van der Waals surface area (Å²) < 4.78 is 22.9. The van der Waals surface area contributed by atoms with Crippen molar-refractivity contribution in [1.82, 2.24) is 0 Å². The number of aliphatic carboxylic acids is 1. The number of rotatable bonds is 66. The van der Waals surface area contributed by atoms with Gasteiger partial charge in [-0.2, -0.15) is 0 Å². The van der Waals surface area contributed by atoms with Gasteiger partial charge in [-0.15, -0.1) is 0 Å². The van der Waals surface area contributed by atoms with Crippen molar-refractivity contribution in [1.29, 1.82) is 0 Å². The monoisotopic (exact) mass is 1170 g/mol. The van der Waals surface area contributed by atoms with Gasteiger partial charge in [0.15, 0.2) is 6.10 Å². The lowest BCUT2D eigenvalue weighted by atomic mass is 10.0. The summed E-state index contributed by atoms with van der Waals surface area (Å²) >= 11 is 0. The number of quaternary nitrogens is 1. The van der Waals surface area contributed by atoms with E-state index in [0.29, 0.717) is 23.9 Å². The van der Waals surface area contributed by atoms with Crippen LogP contribution in [0.15, 0.2) is 60.8 Å². The summed E-state index contributed by atoms with van der Waals surface area (Å²) in [5, 5.41) is 9.72. The molecule has 0 aromatic rings. The fourth-order valence-electron chi connectivity index (χ4n) is 10.4. The Kier molecular flexibility index (Phi) is 62.6. The van der Waals surface area contributed by atoms with Crippen LogP contribution in [-0.2, 0) is 33.3 Å². The van der Waals surface area contributed by atoms with Crippen LogP contribution < -0.4 is 0 Å². The van der Waals surface area contributed by atoms with Crippen LogP contribution in [-0.4, -0.2) is 87.4 Å². The Morgan fingerprint density at radius 2 is 0.687 bits per heavy atom. The van der Waals surface area contributed by atoms with Crippen molar-refractivity contribution in [3.63, 3.8) is 0 Å². The molecule has 0 rings (SSSR count). The Bertz CT molecular complexity index is 1550. The number of hydrogen-bond acceptors (Lipinski definition) is 7. The maximum absolute atomic E-state index is 12.9. The predicted molar refractivity (Wildman–Crippen MR) is 355 cm³/mol. The molecule has 0 aliphatic rings. The van der Waals surface area contributed by atoms with Crippen molar-refractivity contribution in [3.05, 3.63) is 60.8 Å². The number of unbranched alkanes of at least 4 members (excludes halogenated alkanes) is 41. The SMILES string of the molecule is CC/C=C\C/C=C\C/C=C\C/C=C\C/C=C\CCCCCC(=O)OC(COC(=O)CCCCCCCCCCCCCCCCCCCCCCCCCCCCCCCCCCCCCCCCC)COC(OCC[N+](C)(C)C)C(=O)O. The summed E-state index contributed by atoms with van der Waals surface area (Å²) in [6.07, 6.45) is 82.3. The zero-order chi connectivity index (χ0) is 60.5. The standard InChI is InChI=1S/C74H135NO8/c1-6-8-10-12-14-16-18-20-22-24-26-27-28-29-30-31-32-33-34-35-36-37-38-39-40-41-42-43-44-45-47-48-50-52-54-56-58-60-62-64-71(76)81-68-70(69-82-74(73(78)79)80-67-66-75(3,4)5)83-72(77)65-63-61-59-57-55-53-51-49-46-25-23-21-19-17-15-13-11-9-7-2/h9,11,15,17,21,23,46,49,53,55,70,74H,6-8,10,12-14,16,18-20,22,24-45,47-48,50-52,54,56-69H2,1-5H3/p+1/b11-9-,17-15-,23-21-,49-46-,55-53-. The molecule has 0 heterocycles. The lowest BCUT2D eigenvalue weighted by molar-refractivity contribution is -0.870. The highest BCUT2D eigenvalue weighted by atomic mass is 16.7. The maximum atomic E-state index is 12.9. The molecule has 0 aromatic heterocycles. The van der Waals surface area contributed by atoms with E-state index in [9.17, 15) is 19.5 Å². The van der Waals surface area contributed by atoms with E-state index in [1.165, 1.54) is 231 Å². The zero-order valence-electron chi connectivity index (χ0n) is 55.4. The third kappa shape index (κ3) is 66.4. The van der Waals surface area contributed by atoms with Crippen LogP contribution in [0.3, 0.4) is 0 Å². The Morgan fingerprint density at radius 1 is 0.373 bits per heavy atom. The molecule has 0 saturated heterocycles. The van der Waals surface area contributed by atoms with E-state index >= 15 is 0 Å². The van der Waals surface area contributed by atoms with Crippen LogP contribution in [0.1, 0.15) is 335 Å². The molecule has 0 radical (unpaired) electrons. The minimum absolute atomic E-state index is 0.180. The van der Waals surface area contributed by atoms with E-state index in [2.05, 4.69) is 74.6 Å². The molecule has 9 nitrogen and oxygen atoms in total. The first kappa shape index (κ1) is 80.0. The molecule has 0 aliphatic carbocycles. The molecule has 9 heteroatoms. The average Bonchev–Trinajstić information content (AvgIpc) is 3.46. The molecule has 484 valence electrons. The van der Waals surface area contributed by atoms with Gasteiger partial charge in [0.05, 0.1) is 34.4 Å². The fourth-order valence-corrected chi connectivity index (χ4v) is 10.4. The summed E-state index contributed by atoms with van der Waals surface area (Å²) in [4.78, 5) is 37.5. The van der Waals surface area contributed by atoms with Crippen LogP contribution in [0.25, 0.3) is 0 Å². The van der Waals surface area contributed by atoms with E-state index in [1.807, 2.05) is 21.1 Å². The highest BCUT2D eigenvalue weighted by Gasteiger charge is 2.25. The van der Waals surface area contributed by atoms with Crippen LogP contribution in [0.5, 0.6) is 0 Å². The van der Waals surface area contributed by atoms with Gasteiger partial charge in [-0.1, -0.05) is 325 Å². The van der Waals surface area contributed by atoms with Crippen molar-refractivity contribution in [2.24, 2.45) is 0 Å². The van der Waals surface area contributed by atoms with Gasteiger partial charge in [-0.05, 0) is 57.8 Å². The molecule has 0 fully saturated rings. The van der Waals surface area contributed by atoms with Crippen molar-refractivity contribution >= 4 is 17.9 Å². The topological polar surface area (TPSA) is 108 Å². The molecule has 0 aliphatic heterocycles. The van der Waals surface area contributed by atoms with Gasteiger partial charge in [-0.25, -0.2) is 4.79 Å². The van der Waals surface area contributed by atoms with Gasteiger partial charge in [-0.3, -0.25) is 9.59 Å². The molecule has 1 N–H and O–H groups in total. The first-order valence-electron chi connectivity index (χ1n) is 35.5. The Balaban J connectivity index is 3.97. The smallest absolute Gasteiger partial charge is 0.361 e. The second-order valence-corrected chi connectivity index (χ2v) is 25.2. The van der Waals surface area contributed by atoms with Crippen molar-refractivity contribution in [2.45, 2.75) is 347 Å². The van der Waals surface area contributed by atoms with Gasteiger partial charge in [0.1, 0.15) is 13.2 Å². The Labute approximate surface area is 514 Å². The molecule has 2 unspecified atom stereocenters. The number of carbonyl (C=O) groups is 3. The van der Waals surface area contributed by atoms with Crippen LogP contribution in [0.4, 0.5) is 0 Å². The van der Waals surface area contributed by atoms with Gasteiger partial charge in [0.2, 0.25) is 0 Å². The summed E-state index contributed by atoms with van der Waals surface area (Å²) in [7, 11) is 5.96. The fraction of sp³-hybridized carbons (Fsp3) is 0.824. The lowest BCUT2D eigenvalue weighted by Crippen LogP contribution is -2.40. The summed E-state index contributed by atoms with van der Waals surface area (Å²) in [5.74, 6) is -2.04. The van der Waals surface area contributed by atoms with Crippen molar-refractivity contribution < 1.29 is 42.9 Å². The molecule has 83 heavy (non-hydrogen) atoms. The molecule has 0 saturated carbocycles. The van der Waals surface area contributed by atoms with Crippen molar-refractivity contribution in [2.75, 3.05) is 47.5 Å². The van der Waals surface area contributed by atoms with E-state index in [1.54, 1.807) is 0 Å². The summed E-state index contributed by atoms with van der Waals surface area (Å²) in [6.45, 7) is 4.76. The molecule has 0 bridgehead atoms. The molecule has 0 spiro atoms. The molecular formula is C74H136NO8+. The number of carboxylic acids is 1. The number of esters is 2. The molecule has 0 aromatic carbocycles.